The van der Waals surface area contributed by atoms with Crippen LogP contribution in [0.1, 0.15) is 245 Å². The molecule has 9 atom stereocenters. The van der Waals surface area contributed by atoms with Gasteiger partial charge in [0.1, 0.15) is 36.6 Å². The van der Waals surface area contributed by atoms with Gasteiger partial charge in [-0.15, -0.1) is 0 Å². The lowest BCUT2D eigenvalue weighted by molar-refractivity contribution is -0.303. The second kappa shape index (κ2) is 43.8. The molecule has 1 rings (SSSR count). The molecule has 65 heavy (non-hydrogen) atoms. The molecule has 11 heteroatoms. The third kappa shape index (κ3) is 32.9. The molecule has 0 bridgehead atoms. The Morgan fingerprint density at radius 2 is 0.938 bits per heavy atom. The van der Waals surface area contributed by atoms with E-state index in [2.05, 4.69) is 43.5 Å². The van der Waals surface area contributed by atoms with Gasteiger partial charge in [-0.2, -0.15) is 0 Å². The number of amides is 1. The summed E-state index contributed by atoms with van der Waals surface area (Å²) in [7, 11) is 0. The van der Waals surface area contributed by atoms with Gasteiger partial charge in [-0.05, 0) is 44.9 Å². The number of nitrogens with one attached hydrogen (secondary N) is 1. The number of unbranched alkanes of at least 4 members (excludes halogenated alkanes) is 30. The summed E-state index contributed by atoms with van der Waals surface area (Å²) in [5, 5.41) is 76.0. The van der Waals surface area contributed by atoms with E-state index >= 15 is 0 Å². The summed E-state index contributed by atoms with van der Waals surface area (Å²) in [6.45, 7) is 3.46. The van der Waals surface area contributed by atoms with Crippen molar-refractivity contribution in [1.29, 1.82) is 0 Å². The van der Waals surface area contributed by atoms with Crippen LogP contribution in [0.4, 0.5) is 0 Å². The maximum Gasteiger partial charge on any atom is 0.249 e. The zero-order valence-electron chi connectivity index (χ0n) is 41.7. The van der Waals surface area contributed by atoms with E-state index in [1.54, 1.807) is 0 Å². The molecule has 384 valence electrons. The number of rotatable bonds is 46. The van der Waals surface area contributed by atoms with Crippen molar-refractivity contribution in [2.45, 2.75) is 300 Å². The lowest BCUT2D eigenvalue weighted by Gasteiger charge is -2.40. The lowest BCUT2D eigenvalue weighted by Crippen LogP contribution is -2.60. The fraction of sp³-hybridized carbons (Fsp3) is 0.907. The van der Waals surface area contributed by atoms with Crippen LogP contribution in [0.2, 0.25) is 0 Å². The quantitative estimate of drug-likeness (QED) is 0.0216. The van der Waals surface area contributed by atoms with Crippen LogP contribution >= 0.6 is 0 Å². The summed E-state index contributed by atoms with van der Waals surface area (Å²) in [6, 6.07) is -1.17. The van der Waals surface area contributed by atoms with Crippen molar-refractivity contribution >= 4 is 5.91 Å². The van der Waals surface area contributed by atoms with Crippen LogP contribution in [-0.4, -0.2) is 110 Å². The first kappa shape index (κ1) is 61.6. The maximum atomic E-state index is 13.1. The van der Waals surface area contributed by atoms with Crippen molar-refractivity contribution in [1.82, 2.24) is 5.32 Å². The van der Waals surface area contributed by atoms with Crippen LogP contribution in [0.5, 0.6) is 0 Å². The molecule has 0 spiro atoms. The first-order valence-electron chi connectivity index (χ1n) is 27.2. The van der Waals surface area contributed by atoms with Crippen molar-refractivity contribution in [3.05, 3.63) is 24.3 Å². The fourth-order valence-electron chi connectivity index (χ4n) is 8.77. The average molecular weight is 926 g/mol. The molecule has 9 unspecified atom stereocenters. The molecule has 11 nitrogen and oxygen atoms in total. The van der Waals surface area contributed by atoms with Gasteiger partial charge in [0.05, 0.1) is 25.4 Å². The second-order valence-electron chi connectivity index (χ2n) is 19.3. The molecule has 0 aromatic rings. The highest BCUT2D eigenvalue weighted by atomic mass is 16.7. The summed E-state index contributed by atoms with van der Waals surface area (Å²) in [5.74, 6) is -0.703. The van der Waals surface area contributed by atoms with Crippen LogP contribution in [0, 0.1) is 0 Å². The number of carbonyl (C=O) groups is 1. The minimum Gasteiger partial charge on any atom is -0.394 e. The molecule has 0 saturated carbocycles. The molecular weight excluding hydrogens is 823 g/mol. The highest BCUT2D eigenvalue weighted by molar-refractivity contribution is 5.80. The van der Waals surface area contributed by atoms with Gasteiger partial charge < -0.3 is 50.5 Å². The van der Waals surface area contributed by atoms with Crippen molar-refractivity contribution in [2.75, 3.05) is 13.2 Å². The van der Waals surface area contributed by atoms with Crippen LogP contribution in [0.3, 0.4) is 0 Å². The van der Waals surface area contributed by atoms with Crippen LogP contribution in [-0.2, 0) is 14.3 Å². The molecule has 1 aliphatic heterocycles. The van der Waals surface area contributed by atoms with Gasteiger partial charge in [-0.25, -0.2) is 0 Å². The summed E-state index contributed by atoms with van der Waals surface area (Å²) >= 11 is 0. The fourth-order valence-corrected chi connectivity index (χ4v) is 8.77. The number of aliphatic hydroxyl groups is 7. The Morgan fingerprint density at radius 1 is 0.538 bits per heavy atom. The van der Waals surface area contributed by atoms with E-state index in [4.69, 9.17) is 9.47 Å². The third-order valence-electron chi connectivity index (χ3n) is 13.3. The first-order chi connectivity index (χ1) is 31.7. The number of allylic oxidation sites excluding steroid dienone is 4. The normalized spacial score (nSPS) is 21.0. The van der Waals surface area contributed by atoms with E-state index in [0.29, 0.717) is 19.3 Å². The van der Waals surface area contributed by atoms with Crippen molar-refractivity contribution < 1.29 is 50.0 Å². The van der Waals surface area contributed by atoms with Gasteiger partial charge in [0.2, 0.25) is 5.91 Å². The Bertz CT molecular complexity index is 1110. The monoisotopic (exact) mass is 926 g/mol. The Kier molecular flexibility index (Phi) is 41.6. The van der Waals surface area contributed by atoms with E-state index < -0.39 is 74.2 Å². The molecule has 0 radical (unpaired) electrons. The van der Waals surface area contributed by atoms with Crippen molar-refractivity contribution in [3.8, 4) is 0 Å². The number of hydrogen-bond acceptors (Lipinski definition) is 10. The Balaban J connectivity index is 2.36. The zero-order valence-corrected chi connectivity index (χ0v) is 41.7. The average Bonchev–Trinajstić information content (AvgIpc) is 3.31. The van der Waals surface area contributed by atoms with E-state index in [1.165, 1.54) is 141 Å². The predicted molar refractivity (Wildman–Crippen MR) is 266 cm³/mol. The number of ether oxygens (including phenoxy) is 2. The predicted octanol–water partition coefficient (Wildman–Crippen LogP) is 10.6. The molecule has 0 aliphatic carbocycles. The minimum atomic E-state index is -1.66. The smallest absolute Gasteiger partial charge is 0.249 e. The second-order valence-corrected chi connectivity index (χ2v) is 19.3. The number of aliphatic hydroxyl groups excluding tert-OH is 7. The Morgan fingerprint density at radius 3 is 1.37 bits per heavy atom. The zero-order chi connectivity index (χ0) is 47.6. The maximum absolute atomic E-state index is 13.1. The molecule has 0 aromatic heterocycles. The molecule has 1 fully saturated rings. The van der Waals surface area contributed by atoms with Crippen LogP contribution in [0.15, 0.2) is 24.3 Å². The van der Waals surface area contributed by atoms with E-state index in [0.717, 1.165) is 64.2 Å². The highest BCUT2D eigenvalue weighted by Gasteiger charge is 2.44. The standard InChI is InChI=1S/C54H103NO10/c1-3-5-7-9-11-13-15-17-19-21-22-23-24-25-26-28-30-32-34-36-38-40-42-47(58)53(63)55-45(44-64-54-52(62)51(61)50(60)48(43-56)65-54)49(59)46(57)41-39-37-35-33-31-29-27-20-18-16-14-12-10-8-6-4-2/h22-23,25-26,45-52,54,56-62H,3-21,24,27-44H2,1-2H3,(H,55,63)/b23-22-,26-25-. The molecule has 1 amide bonds. The van der Waals surface area contributed by atoms with Crippen LogP contribution < -0.4 is 5.32 Å². The first-order valence-corrected chi connectivity index (χ1v) is 27.2. The number of carbonyl (C=O) groups excluding carboxylic acids is 1. The van der Waals surface area contributed by atoms with Gasteiger partial charge in [0.15, 0.2) is 6.29 Å². The molecule has 1 saturated heterocycles. The van der Waals surface area contributed by atoms with Gasteiger partial charge in [-0.3, -0.25) is 4.79 Å². The molecule has 0 aromatic carbocycles. The summed E-state index contributed by atoms with van der Waals surface area (Å²) in [4.78, 5) is 13.1. The topological polar surface area (TPSA) is 189 Å². The lowest BCUT2D eigenvalue weighted by atomic mass is 9.98. The van der Waals surface area contributed by atoms with Gasteiger partial charge in [0.25, 0.3) is 0 Å². The van der Waals surface area contributed by atoms with Crippen molar-refractivity contribution in [2.24, 2.45) is 0 Å². The Labute approximate surface area is 397 Å². The van der Waals surface area contributed by atoms with Gasteiger partial charge in [0, 0.05) is 0 Å². The van der Waals surface area contributed by atoms with E-state index in [1.807, 2.05) is 0 Å². The summed E-state index contributed by atoms with van der Waals surface area (Å²) < 4.78 is 11.1. The van der Waals surface area contributed by atoms with Crippen molar-refractivity contribution in [3.63, 3.8) is 0 Å². The van der Waals surface area contributed by atoms with E-state index in [9.17, 15) is 40.5 Å². The van der Waals surface area contributed by atoms with Gasteiger partial charge >= 0.3 is 0 Å². The summed E-state index contributed by atoms with van der Waals surface area (Å²) in [6.07, 6.45) is 39.3. The highest BCUT2D eigenvalue weighted by Crippen LogP contribution is 2.23. The minimum absolute atomic E-state index is 0.249. The molecule has 1 aliphatic rings. The van der Waals surface area contributed by atoms with E-state index in [-0.39, 0.29) is 6.42 Å². The third-order valence-corrected chi connectivity index (χ3v) is 13.3. The van der Waals surface area contributed by atoms with Gasteiger partial charge in [-0.1, -0.05) is 224 Å². The Hall–Kier alpha value is -1.41. The van der Waals surface area contributed by atoms with Crippen LogP contribution in [0.25, 0.3) is 0 Å². The molecule has 1 heterocycles. The molecular formula is C54H103NO10. The summed E-state index contributed by atoms with van der Waals surface area (Å²) in [5.41, 5.74) is 0. The molecule has 8 N–H and O–H groups in total. The largest absolute Gasteiger partial charge is 0.394 e. The SMILES string of the molecule is CCCCCCCCCCC/C=C\C/C=C\CCCCCCCCC(O)C(=O)NC(COC1OC(CO)C(O)C(O)C1O)C(O)C(O)CCCCCCCCCCCCCCCCCC. The number of hydrogen-bond donors (Lipinski definition) is 8.